The number of piperazine rings is 1. The number of aromatic nitrogens is 1. The second-order valence-corrected chi connectivity index (χ2v) is 6.91. The Morgan fingerprint density at radius 2 is 2.24 bits per heavy atom. The van der Waals surface area contributed by atoms with E-state index in [2.05, 4.69) is 9.88 Å². The fourth-order valence-electron chi connectivity index (χ4n) is 3.01. The molecule has 116 valence electrons. The lowest BCUT2D eigenvalue weighted by Crippen LogP contribution is -2.50. The van der Waals surface area contributed by atoms with Crippen molar-refractivity contribution in [2.45, 2.75) is 32.3 Å². The molecule has 1 unspecified atom stereocenters. The van der Waals surface area contributed by atoms with Crippen molar-refractivity contribution >= 4 is 17.2 Å². The Kier molecular flexibility index (Phi) is 4.87. The van der Waals surface area contributed by atoms with Crippen LogP contribution in [0.15, 0.2) is 5.38 Å². The van der Waals surface area contributed by atoms with Gasteiger partial charge < -0.3 is 9.64 Å². The minimum Gasteiger partial charge on any atom is -0.377 e. The number of hydrogen-bond donors (Lipinski definition) is 0. The van der Waals surface area contributed by atoms with E-state index < -0.39 is 0 Å². The van der Waals surface area contributed by atoms with E-state index in [0.29, 0.717) is 12.5 Å². The van der Waals surface area contributed by atoms with Crippen molar-refractivity contribution in [3.8, 4) is 0 Å². The molecule has 0 aromatic carbocycles. The molecule has 1 amide bonds. The number of carbonyl (C=O) groups is 1. The molecule has 0 aliphatic carbocycles. The Bertz CT molecular complexity index is 477. The average molecular weight is 309 g/mol. The summed E-state index contributed by atoms with van der Waals surface area (Å²) in [6, 6.07) is 0. The molecule has 0 bridgehead atoms. The van der Waals surface area contributed by atoms with E-state index in [4.69, 9.17) is 4.74 Å². The van der Waals surface area contributed by atoms with E-state index in [-0.39, 0.29) is 5.91 Å². The fourth-order valence-corrected chi connectivity index (χ4v) is 3.62. The van der Waals surface area contributed by atoms with Crippen LogP contribution in [0.2, 0.25) is 0 Å². The van der Waals surface area contributed by atoms with Crippen molar-refractivity contribution in [2.75, 3.05) is 39.3 Å². The molecular weight excluding hydrogens is 286 g/mol. The molecule has 2 aliphatic rings. The summed E-state index contributed by atoms with van der Waals surface area (Å²) in [6.45, 7) is 7.48. The molecule has 2 saturated heterocycles. The summed E-state index contributed by atoms with van der Waals surface area (Å²) in [6.07, 6.45) is 3.22. The van der Waals surface area contributed by atoms with Crippen molar-refractivity contribution in [2.24, 2.45) is 0 Å². The Labute approximate surface area is 129 Å². The van der Waals surface area contributed by atoms with Gasteiger partial charge in [-0.15, -0.1) is 11.3 Å². The van der Waals surface area contributed by atoms with Crippen LogP contribution in [0.5, 0.6) is 0 Å². The lowest BCUT2D eigenvalue weighted by atomic mass is 10.2. The molecule has 1 aromatic heterocycles. The molecule has 2 fully saturated rings. The minimum absolute atomic E-state index is 0.206. The molecule has 5 nitrogen and oxygen atoms in total. The van der Waals surface area contributed by atoms with Crippen molar-refractivity contribution in [3.63, 3.8) is 0 Å². The summed E-state index contributed by atoms with van der Waals surface area (Å²) < 4.78 is 5.68. The lowest BCUT2D eigenvalue weighted by molar-refractivity contribution is -0.132. The number of thiazole rings is 1. The second kappa shape index (κ2) is 6.85. The summed E-state index contributed by atoms with van der Waals surface area (Å²) in [5.74, 6) is 0.206. The Hall–Kier alpha value is -0.980. The third-order valence-electron chi connectivity index (χ3n) is 4.21. The first-order valence-electron chi connectivity index (χ1n) is 7.73. The Balaban J connectivity index is 1.43. The first kappa shape index (κ1) is 14.9. The van der Waals surface area contributed by atoms with Gasteiger partial charge in [0.25, 0.3) is 0 Å². The van der Waals surface area contributed by atoms with E-state index in [1.807, 2.05) is 17.2 Å². The van der Waals surface area contributed by atoms with Gasteiger partial charge in [0.15, 0.2) is 0 Å². The molecular formula is C15H23N3O2S. The van der Waals surface area contributed by atoms with Crippen LogP contribution in [0.1, 0.15) is 23.5 Å². The highest BCUT2D eigenvalue weighted by atomic mass is 32.1. The molecule has 1 aromatic rings. The summed E-state index contributed by atoms with van der Waals surface area (Å²) >= 11 is 1.61. The van der Waals surface area contributed by atoms with E-state index in [9.17, 15) is 4.79 Å². The van der Waals surface area contributed by atoms with Crippen molar-refractivity contribution < 1.29 is 9.53 Å². The normalized spacial score (nSPS) is 23.7. The van der Waals surface area contributed by atoms with Crippen LogP contribution in [-0.4, -0.2) is 66.1 Å². The highest BCUT2D eigenvalue weighted by molar-refractivity contribution is 7.09. The van der Waals surface area contributed by atoms with Gasteiger partial charge in [0.1, 0.15) is 0 Å². The minimum atomic E-state index is 0.206. The van der Waals surface area contributed by atoms with Crippen LogP contribution in [-0.2, 0) is 16.0 Å². The lowest BCUT2D eigenvalue weighted by Gasteiger charge is -2.35. The number of aryl methyl sites for hydroxylation is 1. The highest BCUT2D eigenvalue weighted by Crippen LogP contribution is 2.15. The second-order valence-electron chi connectivity index (χ2n) is 5.85. The zero-order valence-electron chi connectivity index (χ0n) is 12.6. The van der Waals surface area contributed by atoms with Gasteiger partial charge in [-0.05, 0) is 19.8 Å². The Morgan fingerprint density at radius 3 is 2.86 bits per heavy atom. The van der Waals surface area contributed by atoms with Gasteiger partial charge >= 0.3 is 0 Å². The maximum atomic E-state index is 12.3. The average Bonchev–Trinajstić information content (AvgIpc) is 3.12. The topological polar surface area (TPSA) is 45.7 Å². The molecule has 0 saturated carbocycles. The number of rotatable bonds is 4. The molecule has 0 radical (unpaired) electrons. The Morgan fingerprint density at radius 1 is 1.43 bits per heavy atom. The fraction of sp³-hybridized carbons (Fsp3) is 0.733. The monoisotopic (exact) mass is 309 g/mol. The first-order valence-corrected chi connectivity index (χ1v) is 8.61. The maximum absolute atomic E-state index is 12.3. The van der Waals surface area contributed by atoms with Gasteiger partial charge in [-0.2, -0.15) is 0 Å². The van der Waals surface area contributed by atoms with Crippen molar-refractivity contribution in [1.29, 1.82) is 0 Å². The summed E-state index contributed by atoms with van der Waals surface area (Å²) in [5.41, 5.74) is 0.907. The zero-order valence-corrected chi connectivity index (χ0v) is 13.4. The van der Waals surface area contributed by atoms with Crippen LogP contribution >= 0.6 is 11.3 Å². The van der Waals surface area contributed by atoms with Crippen molar-refractivity contribution in [1.82, 2.24) is 14.8 Å². The van der Waals surface area contributed by atoms with Gasteiger partial charge in [0.2, 0.25) is 5.91 Å². The largest absolute Gasteiger partial charge is 0.377 e. The predicted octanol–water partition coefficient (Wildman–Crippen LogP) is 1.32. The number of ether oxygens (including phenoxy) is 1. The smallest absolute Gasteiger partial charge is 0.228 e. The van der Waals surface area contributed by atoms with E-state index in [1.165, 1.54) is 12.8 Å². The van der Waals surface area contributed by atoms with Crippen molar-refractivity contribution in [3.05, 3.63) is 16.1 Å². The third kappa shape index (κ3) is 4.02. The molecule has 0 N–H and O–H groups in total. The van der Waals surface area contributed by atoms with Crippen LogP contribution in [0.3, 0.4) is 0 Å². The van der Waals surface area contributed by atoms with Gasteiger partial charge in [-0.3, -0.25) is 9.69 Å². The van der Waals surface area contributed by atoms with Gasteiger partial charge in [-0.1, -0.05) is 0 Å². The quantitative estimate of drug-likeness (QED) is 0.841. The molecule has 3 heterocycles. The van der Waals surface area contributed by atoms with E-state index in [0.717, 1.165) is 50.0 Å². The van der Waals surface area contributed by atoms with Gasteiger partial charge in [0, 0.05) is 44.7 Å². The number of hydrogen-bond acceptors (Lipinski definition) is 5. The standard InChI is InChI=1S/C15H23N3O2S/c1-12-16-13(11-21-12)9-15(19)18-6-4-17(5-7-18)10-14-3-2-8-20-14/h11,14H,2-10H2,1H3. The number of nitrogens with zero attached hydrogens (tertiary/aromatic N) is 3. The summed E-state index contributed by atoms with van der Waals surface area (Å²) in [7, 11) is 0. The molecule has 6 heteroatoms. The van der Waals surface area contributed by atoms with E-state index >= 15 is 0 Å². The molecule has 1 atom stereocenters. The van der Waals surface area contributed by atoms with Crippen LogP contribution in [0, 0.1) is 6.92 Å². The van der Waals surface area contributed by atoms with Crippen LogP contribution in [0.25, 0.3) is 0 Å². The molecule has 21 heavy (non-hydrogen) atoms. The van der Waals surface area contributed by atoms with Crippen LogP contribution < -0.4 is 0 Å². The van der Waals surface area contributed by atoms with Crippen LogP contribution in [0.4, 0.5) is 0 Å². The predicted molar refractivity (Wildman–Crippen MR) is 82.5 cm³/mol. The molecule has 2 aliphatic heterocycles. The van der Waals surface area contributed by atoms with Gasteiger partial charge in [-0.25, -0.2) is 4.98 Å². The third-order valence-corrected chi connectivity index (χ3v) is 5.03. The molecule has 0 spiro atoms. The SMILES string of the molecule is Cc1nc(CC(=O)N2CCN(CC3CCCO3)CC2)cs1. The zero-order chi connectivity index (χ0) is 14.7. The highest BCUT2D eigenvalue weighted by Gasteiger charge is 2.25. The molecule has 3 rings (SSSR count). The summed E-state index contributed by atoms with van der Waals surface area (Å²) in [5, 5.41) is 3.01. The number of amides is 1. The number of carbonyl (C=O) groups excluding carboxylic acids is 1. The van der Waals surface area contributed by atoms with E-state index in [1.54, 1.807) is 11.3 Å². The van der Waals surface area contributed by atoms with Gasteiger partial charge in [0.05, 0.1) is 23.2 Å². The maximum Gasteiger partial charge on any atom is 0.228 e. The summed E-state index contributed by atoms with van der Waals surface area (Å²) in [4.78, 5) is 21.0. The first-order chi connectivity index (χ1) is 10.2.